The molecule has 2 amide bonds. The molecular weight excluding hydrogens is 415 g/mol. The first-order chi connectivity index (χ1) is 13.2. The van der Waals surface area contributed by atoms with Crippen molar-refractivity contribution < 1.29 is 18.4 Å². The molecule has 0 saturated heterocycles. The summed E-state index contributed by atoms with van der Waals surface area (Å²) in [6.07, 6.45) is 1.44. The number of carbonyl (C=O) groups is 2. The molecular formula is C17H15Cl2F2N5O2. The predicted molar refractivity (Wildman–Crippen MR) is 99.0 cm³/mol. The van der Waals surface area contributed by atoms with E-state index in [1.54, 1.807) is 12.1 Å². The van der Waals surface area contributed by atoms with Crippen molar-refractivity contribution in [1.82, 2.24) is 15.0 Å². The van der Waals surface area contributed by atoms with Crippen molar-refractivity contribution in [3.05, 3.63) is 51.8 Å². The molecule has 3 rings (SSSR count). The van der Waals surface area contributed by atoms with E-state index < -0.39 is 23.8 Å². The summed E-state index contributed by atoms with van der Waals surface area (Å²) in [5, 5.41) is 3.95. The molecule has 1 heterocycles. The smallest absolute Gasteiger partial charge is 0.317 e. The van der Waals surface area contributed by atoms with Gasteiger partial charge in [-0.15, -0.1) is 0 Å². The summed E-state index contributed by atoms with van der Waals surface area (Å²) in [5.41, 5.74) is 0.303. The van der Waals surface area contributed by atoms with Crippen LogP contribution in [-0.4, -0.2) is 33.2 Å². The third-order valence-electron chi connectivity index (χ3n) is 4.57. The van der Waals surface area contributed by atoms with Gasteiger partial charge < -0.3 is 5.32 Å². The maximum absolute atomic E-state index is 12.4. The standard InChI is InChI=1S/C17H15Cl2F2N5O2/c18-11-3-2-10(6-12(11)19)17(4-1-5-17)25-16-23-7-9(8-24-16)14(27)26(22)15(28)13(20)21/h2-3,6-8,13H,1,4-5,22H2,(H,23,24,25). The number of anilines is 1. The monoisotopic (exact) mass is 429 g/mol. The molecule has 0 spiro atoms. The third-order valence-corrected chi connectivity index (χ3v) is 5.31. The van der Waals surface area contributed by atoms with Crippen LogP contribution in [0.4, 0.5) is 14.7 Å². The van der Waals surface area contributed by atoms with Gasteiger partial charge in [0, 0.05) is 12.4 Å². The van der Waals surface area contributed by atoms with E-state index in [4.69, 9.17) is 29.0 Å². The number of nitrogens with zero attached hydrogens (tertiary/aromatic N) is 3. The van der Waals surface area contributed by atoms with Gasteiger partial charge in [0.25, 0.3) is 5.91 Å². The number of nitrogens with two attached hydrogens (primary N) is 1. The zero-order chi connectivity index (χ0) is 20.5. The van der Waals surface area contributed by atoms with E-state index in [1.807, 2.05) is 6.07 Å². The van der Waals surface area contributed by atoms with Crippen LogP contribution in [0.3, 0.4) is 0 Å². The van der Waals surface area contributed by atoms with Crippen LogP contribution in [-0.2, 0) is 10.3 Å². The van der Waals surface area contributed by atoms with Crippen LogP contribution in [0.15, 0.2) is 30.6 Å². The maximum atomic E-state index is 12.4. The summed E-state index contributed by atoms with van der Waals surface area (Å²) >= 11 is 12.1. The molecule has 7 nitrogen and oxygen atoms in total. The quantitative estimate of drug-likeness (QED) is 0.429. The zero-order valence-corrected chi connectivity index (χ0v) is 15.8. The van der Waals surface area contributed by atoms with Crippen LogP contribution in [0, 0.1) is 0 Å². The van der Waals surface area contributed by atoms with Gasteiger partial charge in [-0.2, -0.15) is 8.78 Å². The second kappa shape index (κ2) is 7.94. The molecule has 11 heteroatoms. The summed E-state index contributed by atoms with van der Waals surface area (Å²) in [4.78, 5) is 31.2. The highest BCUT2D eigenvalue weighted by atomic mass is 35.5. The highest BCUT2D eigenvalue weighted by Crippen LogP contribution is 2.44. The molecule has 1 aliphatic rings. The lowest BCUT2D eigenvalue weighted by molar-refractivity contribution is -0.140. The molecule has 0 unspecified atom stereocenters. The Morgan fingerprint density at radius 1 is 1.18 bits per heavy atom. The Kier molecular flexibility index (Phi) is 5.78. The topological polar surface area (TPSA) is 101 Å². The normalized spacial score (nSPS) is 15.1. The lowest BCUT2D eigenvalue weighted by Crippen LogP contribution is -2.45. The van der Waals surface area contributed by atoms with Gasteiger partial charge in [-0.3, -0.25) is 9.59 Å². The first-order valence-electron chi connectivity index (χ1n) is 8.20. The Balaban J connectivity index is 1.77. The number of hydrogen-bond acceptors (Lipinski definition) is 6. The minimum Gasteiger partial charge on any atom is -0.345 e. The molecule has 0 bridgehead atoms. The summed E-state index contributed by atoms with van der Waals surface area (Å²) in [6.45, 7) is 0. The number of amides is 2. The highest BCUT2D eigenvalue weighted by Gasteiger charge is 2.39. The number of carbonyl (C=O) groups excluding carboxylic acids is 2. The van der Waals surface area contributed by atoms with Gasteiger partial charge in [0.15, 0.2) is 0 Å². The van der Waals surface area contributed by atoms with Crippen LogP contribution in [0.1, 0.15) is 35.2 Å². The summed E-state index contributed by atoms with van der Waals surface area (Å²) in [6, 6.07) is 5.34. The Morgan fingerprint density at radius 3 is 2.32 bits per heavy atom. The number of rotatable bonds is 5. The second-order valence-electron chi connectivity index (χ2n) is 6.30. The molecule has 1 aromatic heterocycles. The van der Waals surface area contributed by atoms with Crippen molar-refractivity contribution in [3.63, 3.8) is 0 Å². The molecule has 148 valence electrons. The minimum absolute atomic E-state index is 0.153. The SMILES string of the molecule is NN(C(=O)c1cnc(NC2(c3ccc(Cl)c(Cl)c3)CCC2)nc1)C(=O)C(F)F. The average molecular weight is 430 g/mol. The van der Waals surface area contributed by atoms with Gasteiger partial charge in [0.05, 0.1) is 21.1 Å². The number of alkyl halides is 2. The van der Waals surface area contributed by atoms with E-state index >= 15 is 0 Å². The third kappa shape index (κ3) is 3.91. The molecule has 2 aromatic rings. The summed E-state index contributed by atoms with van der Waals surface area (Å²) in [7, 11) is 0. The molecule has 0 atom stereocenters. The summed E-state index contributed by atoms with van der Waals surface area (Å²) < 4.78 is 24.8. The van der Waals surface area contributed by atoms with Crippen molar-refractivity contribution >= 4 is 41.0 Å². The average Bonchev–Trinajstić information content (AvgIpc) is 2.65. The number of hydrazine groups is 1. The van der Waals surface area contributed by atoms with Gasteiger partial charge in [-0.25, -0.2) is 20.8 Å². The van der Waals surface area contributed by atoms with Gasteiger partial charge in [0.1, 0.15) is 0 Å². The Morgan fingerprint density at radius 2 is 1.82 bits per heavy atom. The predicted octanol–water partition coefficient (Wildman–Crippen LogP) is 3.38. The van der Waals surface area contributed by atoms with E-state index in [2.05, 4.69) is 15.3 Å². The minimum atomic E-state index is -3.39. The lowest BCUT2D eigenvalue weighted by atomic mass is 9.72. The van der Waals surface area contributed by atoms with Gasteiger partial charge in [-0.1, -0.05) is 29.3 Å². The molecule has 0 radical (unpaired) electrons. The fourth-order valence-electron chi connectivity index (χ4n) is 2.87. The van der Waals surface area contributed by atoms with Crippen LogP contribution in [0.2, 0.25) is 10.0 Å². The van der Waals surface area contributed by atoms with Crippen molar-refractivity contribution in [3.8, 4) is 0 Å². The van der Waals surface area contributed by atoms with E-state index in [9.17, 15) is 18.4 Å². The number of halogens is 4. The Hall–Kier alpha value is -2.36. The van der Waals surface area contributed by atoms with Crippen molar-refractivity contribution in [2.45, 2.75) is 31.2 Å². The molecule has 1 saturated carbocycles. The number of hydrogen-bond donors (Lipinski definition) is 2. The Bertz CT molecular complexity index is 907. The fourth-order valence-corrected chi connectivity index (χ4v) is 3.17. The lowest BCUT2D eigenvalue weighted by Gasteiger charge is -2.43. The largest absolute Gasteiger partial charge is 0.345 e. The van der Waals surface area contributed by atoms with Crippen LogP contribution < -0.4 is 11.2 Å². The van der Waals surface area contributed by atoms with Gasteiger partial charge >= 0.3 is 12.3 Å². The van der Waals surface area contributed by atoms with E-state index in [-0.39, 0.29) is 16.5 Å². The number of benzene rings is 1. The molecule has 3 N–H and O–H groups in total. The van der Waals surface area contributed by atoms with Crippen LogP contribution in [0.5, 0.6) is 0 Å². The molecule has 1 aromatic carbocycles. The highest BCUT2D eigenvalue weighted by molar-refractivity contribution is 6.42. The maximum Gasteiger partial charge on any atom is 0.317 e. The Labute approximate surface area is 168 Å². The van der Waals surface area contributed by atoms with E-state index in [1.165, 1.54) is 0 Å². The van der Waals surface area contributed by atoms with Crippen LogP contribution >= 0.6 is 23.2 Å². The van der Waals surface area contributed by atoms with Crippen molar-refractivity contribution in [2.75, 3.05) is 5.32 Å². The fraction of sp³-hybridized carbons (Fsp3) is 0.294. The number of nitrogens with one attached hydrogen (secondary N) is 1. The second-order valence-corrected chi connectivity index (χ2v) is 7.11. The molecule has 28 heavy (non-hydrogen) atoms. The zero-order valence-electron chi connectivity index (χ0n) is 14.3. The van der Waals surface area contributed by atoms with E-state index in [0.717, 1.165) is 37.2 Å². The van der Waals surface area contributed by atoms with Gasteiger partial charge in [-0.05, 0) is 37.0 Å². The van der Waals surface area contributed by atoms with Crippen molar-refractivity contribution in [2.24, 2.45) is 5.84 Å². The number of aromatic nitrogens is 2. The number of imide groups is 1. The summed E-state index contributed by atoms with van der Waals surface area (Å²) in [5.74, 6) is 2.42. The van der Waals surface area contributed by atoms with Gasteiger partial charge in [0.2, 0.25) is 5.95 Å². The molecule has 1 aliphatic carbocycles. The van der Waals surface area contributed by atoms with Crippen LogP contribution in [0.25, 0.3) is 0 Å². The molecule has 0 aliphatic heterocycles. The van der Waals surface area contributed by atoms with E-state index in [0.29, 0.717) is 10.0 Å². The molecule has 1 fully saturated rings. The first kappa shape index (κ1) is 20.4. The first-order valence-corrected chi connectivity index (χ1v) is 8.96. The van der Waals surface area contributed by atoms with Crippen molar-refractivity contribution in [1.29, 1.82) is 0 Å².